The molecule has 0 aliphatic heterocycles. The lowest BCUT2D eigenvalue weighted by molar-refractivity contribution is 0.101. The van der Waals surface area contributed by atoms with Crippen molar-refractivity contribution in [2.24, 2.45) is 0 Å². The van der Waals surface area contributed by atoms with Gasteiger partial charge < -0.3 is 14.2 Å². The number of methoxy groups -OCH3 is 3. The first kappa shape index (κ1) is 22.3. The molecule has 4 rings (SSSR count). The lowest BCUT2D eigenvalue weighted by atomic mass is 10.1. The van der Waals surface area contributed by atoms with Gasteiger partial charge in [0.25, 0.3) is 11.5 Å². The van der Waals surface area contributed by atoms with Crippen molar-refractivity contribution in [3.63, 3.8) is 0 Å². The Balaban J connectivity index is 1.93. The van der Waals surface area contributed by atoms with E-state index in [0.717, 1.165) is 9.15 Å². The molecule has 9 heteroatoms. The summed E-state index contributed by atoms with van der Waals surface area (Å²) in [5.41, 5.74) is 3.62. The standard InChI is InChI=1S/C24H20BrN3O5/c1-31-19-12-15(13-20(32-2)21(19)33-3)22-26-18-7-5-4-6-17(18)24(30)28(22)27-23(29)14-8-10-16(25)11-9-14/h4-13H,1-3H3,(H,27,29). The van der Waals surface area contributed by atoms with Gasteiger partial charge in [0, 0.05) is 15.6 Å². The van der Waals surface area contributed by atoms with E-state index in [-0.39, 0.29) is 5.82 Å². The van der Waals surface area contributed by atoms with Crippen molar-refractivity contribution in [1.29, 1.82) is 0 Å². The van der Waals surface area contributed by atoms with Gasteiger partial charge in [-0.1, -0.05) is 28.1 Å². The molecule has 1 N–H and O–H groups in total. The van der Waals surface area contributed by atoms with Crippen molar-refractivity contribution in [2.75, 3.05) is 26.8 Å². The van der Waals surface area contributed by atoms with Gasteiger partial charge in [0.15, 0.2) is 17.3 Å². The van der Waals surface area contributed by atoms with E-state index in [1.165, 1.54) is 21.3 Å². The van der Waals surface area contributed by atoms with Gasteiger partial charge in [-0.3, -0.25) is 15.0 Å². The summed E-state index contributed by atoms with van der Waals surface area (Å²) in [6, 6.07) is 17.1. The fraction of sp³-hybridized carbons (Fsp3) is 0.125. The van der Waals surface area contributed by atoms with Gasteiger partial charge in [-0.15, -0.1) is 0 Å². The monoisotopic (exact) mass is 509 g/mol. The van der Waals surface area contributed by atoms with Crippen molar-refractivity contribution in [2.45, 2.75) is 0 Å². The predicted molar refractivity (Wildman–Crippen MR) is 129 cm³/mol. The zero-order valence-corrected chi connectivity index (χ0v) is 19.7. The zero-order valence-electron chi connectivity index (χ0n) is 18.1. The maximum Gasteiger partial charge on any atom is 0.280 e. The number of rotatable bonds is 6. The van der Waals surface area contributed by atoms with E-state index in [9.17, 15) is 9.59 Å². The van der Waals surface area contributed by atoms with Crippen LogP contribution >= 0.6 is 15.9 Å². The number of ether oxygens (including phenoxy) is 3. The van der Waals surface area contributed by atoms with Crippen LogP contribution in [0.3, 0.4) is 0 Å². The Morgan fingerprint density at radius 3 is 2.18 bits per heavy atom. The number of para-hydroxylation sites is 1. The SMILES string of the molecule is COc1cc(-c2nc3ccccc3c(=O)n2NC(=O)c2ccc(Br)cc2)cc(OC)c1OC. The predicted octanol–water partition coefficient (Wildman–Crippen LogP) is 4.24. The van der Waals surface area contributed by atoms with Crippen LogP contribution in [0.25, 0.3) is 22.3 Å². The van der Waals surface area contributed by atoms with Gasteiger partial charge in [-0.2, -0.15) is 4.68 Å². The van der Waals surface area contributed by atoms with E-state index in [1.807, 2.05) is 0 Å². The highest BCUT2D eigenvalue weighted by atomic mass is 79.9. The number of carbonyl (C=O) groups is 1. The molecule has 4 aromatic rings. The molecule has 0 aliphatic rings. The number of nitrogens with zero attached hydrogens (tertiary/aromatic N) is 2. The molecule has 8 nitrogen and oxygen atoms in total. The molecule has 0 fully saturated rings. The van der Waals surface area contributed by atoms with Crippen LogP contribution < -0.4 is 25.2 Å². The van der Waals surface area contributed by atoms with Crippen molar-refractivity contribution in [3.05, 3.63) is 81.1 Å². The van der Waals surface area contributed by atoms with Crippen LogP contribution in [0.15, 0.2) is 69.9 Å². The van der Waals surface area contributed by atoms with Crippen LogP contribution in [0, 0.1) is 0 Å². The Hall–Kier alpha value is -3.85. The molecule has 0 unspecified atom stereocenters. The van der Waals surface area contributed by atoms with Gasteiger partial charge in [-0.05, 0) is 48.5 Å². The second-order valence-electron chi connectivity index (χ2n) is 6.95. The van der Waals surface area contributed by atoms with Gasteiger partial charge in [0.05, 0.1) is 32.2 Å². The second kappa shape index (κ2) is 9.33. The number of amides is 1. The summed E-state index contributed by atoms with van der Waals surface area (Å²) in [7, 11) is 4.50. The number of benzene rings is 3. The highest BCUT2D eigenvalue weighted by Gasteiger charge is 2.20. The molecule has 1 heterocycles. The van der Waals surface area contributed by atoms with E-state index in [2.05, 4.69) is 26.3 Å². The summed E-state index contributed by atoms with van der Waals surface area (Å²) in [5.74, 6) is 0.927. The number of hydrogen-bond acceptors (Lipinski definition) is 6. The fourth-order valence-electron chi connectivity index (χ4n) is 3.41. The molecular weight excluding hydrogens is 490 g/mol. The highest BCUT2D eigenvalue weighted by Crippen LogP contribution is 2.40. The van der Waals surface area contributed by atoms with Gasteiger partial charge in [-0.25, -0.2) is 4.98 Å². The minimum absolute atomic E-state index is 0.211. The Morgan fingerprint density at radius 2 is 1.58 bits per heavy atom. The van der Waals surface area contributed by atoms with Gasteiger partial charge >= 0.3 is 0 Å². The van der Waals surface area contributed by atoms with E-state index in [4.69, 9.17) is 14.2 Å². The third kappa shape index (κ3) is 4.27. The first-order valence-corrected chi connectivity index (χ1v) is 10.6. The molecule has 0 atom stereocenters. The molecule has 0 spiro atoms. The number of halogens is 1. The lowest BCUT2D eigenvalue weighted by Crippen LogP contribution is -2.35. The summed E-state index contributed by atoms with van der Waals surface area (Å²) >= 11 is 3.35. The minimum atomic E-state index is -0.463. The summed E-state index contributed by atoms with van der Waals surface area (Å²) < 4.78 is 18.3. The Labute approximate surface area is 197 Å². The van der Waals surface area contributed by atoms with E-state index in [1.54, 1.807) is 60.7 Å². The summed E-state index contributed by atoms with van der Waals surface area (Å²) in [6.07, 6.45) is 0. The number of nitrogens with one attached hydrogen (secondary N) is 1. The molecule has 0 bridgehead atoms. The van der Waals surface area contributed by atoms with Crippen molar-refractivity contribution in [1.82, 2.24) is 9.66 Å². The maximum absolute atomic E-state index is 13.4. The van der Waals surface area contributed by atoms with Gasteiger partial charge in [0.1, 0.15) is 0 Å². The number of fused-ring (bicyclic) bond motifs is 1. The van der Waals surface area contributed by atoms with E-state index < -0.39 is 11.5 Å². The molecule has 3 aromatic carbocycles. The first-order chi connectivity index (χ1) is 16.0. The van der Waals surface area contributed by atoms with Crippen LogP contribution in [0.1, 0.15) is 10.4 Å². The van der Waals surface area contributed by atoms with Gasteiger partial charge in [0.2, 0.25) is 5.75 Å². The molecular formula is C24H20BrN3O5. The number of aromatic nitrogens is 2. The Kier molecular flexibility index (Phi) is 6.32. The molecule has 1 amide bonds. The molecule has 0 radical (unpaired) electrons. The van der Waals surface area contributed by atoms with Crippen LogP contribution in [-0.4, -0.2) is 36.9 Å². The normalized spacial score (nSPS) is 10.7. The summed E-state index contributed by atoms with van der Waals surface area (Å²) in [6.45, 7) is 0. The number of carbonyl (C=O) groups excluding carboxylic acids is 1. The van der Waals surface area contributed by atoms with E-state index in [0.29, 0.717) is 39.3 Å². The fourth-order valence-corrected chi connectivity index (χ4v) is 3.67. The van der Waals surface area contributed by atoms with Crippen LogP contribution in [0.5, 0.6) is 17.2 Å². The average Bonchev–Trinajstić information content (AvgIpc) is 2.84. The smallest absolute Gasteiger partial charge is 0.280 e. The number of hydrogen-bond donors (Lipinski definition) is 1. The topological polar surface area (TPSA) is 91.7 Å². The molecule has 1 aromatic heterocycles. The van der Waals surface area contributed by atoms with E-state index >= 15 is 0 Å². The molecule has 168 valence electrons. The molecule has 0 saturated heterocycles. The van der Waals surface area contributed by atoms with Crippen molar-refractivity contribution in [3.8, 4) is 28.6 Å². The van der Waals surface area contributed by atoms with Crippen molar-refractivity contribution < 1.29 is 19.0 Å². The summed E-state index contributed by atoms with van der Waals surface area (Å²) in [5, 5.41) is 0.366. The molecule has 0 aliphatic carbocycles. The Bertz CT molecular complexity index is 1370. The van der Waals surface area contributed by atoms with Crippen LogP contribution in [-0.2, 0) is 0 Å². The average molecular weight is 510 g/mol. The Morgan fingerprint density at radius 1 is 0.939 bits per heavy atom. The summed E-state index contributed by atoms with van der Waals surface area (Å²) in [4.78, 5) is 31.0. The van der Waals surface area contributed by atoms with Crippen LogP contribution in [0.4, 0.5) is 0 Å². The quantitative estimate of drug-likeness (QED) is 0.418. The maximum atomic E-state index is 13.4. The van der Waals surface area contributed by atoms with Crippen LogP contribution in [0.2, 0.25) is 0 Å². The second-order valence-corrected chi connectivity index (χ2v) is 7.87. The molecule has 33 heavy (non-hydrogen) atoms. The largest absolute Gasteiger partial charge is 0.493 e. The highest BCUT2D eigenvalue weighted by molar-refractivity contribution is 9.10. The lowest BCUT2D eigenvalue weighted by Gasteiger charge is -2.17. The third-order valence-electron chi connectivity index (χ3n) is 5.02. The third-order valence-corrected chi connectivity index (χ3v) is 5.55. The zero-order chi connectivity index (χ0) is 23.5. The van der Waals surface area contributed by atoms with Crippen molar-refractivity contribution >= 4 is 32.7 Å². The first-order valence-electron chi connectivity index (χ1n) is 9.86. The molecule has 0 saturated carbocycles. The minimum Gasteiger partial charge on any atom is -0.493 e.